The number of imide groups is 1. The lowest BCUT2D eigenvalue weighted by Crippen LogP contribution is -2.28. The molecule has 0 atom stereocenters. The first-order valence-electron chi connectivity index (χ1n) is 5.88. The highest BCUT2D eigenvalue weighted by Gasteiger charge is 2.31. The molecular formula is C14H12ClNO3. The van der Waals surface area contributed by atoms with Crippen molar-refractivity contribution in [3.63, 3.8) is 0 Å². The number of aliphatic hydroxyl groups is 1. The Hall–Kier alpha value is -1.83. The summed E-state index contributed by atoms with van der Waals surface area (Å²) >= 11 is 6.03. The molecule has 1 aromatic carbocycles. The standard InChI is InChI=1S/C14H12ClNO3/c15-11-5-4-10(3-1-2-8-17)9-12(11)16-13(18)6-7-14(16)19/h4-5,9,17H,2,6-8H2. The first-order chi connectivity index (χ1) is 9.13. The second-order valence-corrected chi connectivity index (χ2v) is 4.47. The van der Waals surface area contributed by atoms with Crippen LogP contribution >= 0.6 is 11.6 Å². The molecule has 2 amide bonds. The Labute approximate surface area is 116 Å². The lowest BCUT2D eigenvalue weighted by molar-refractivity contribution is -0.121. The highest BCUT2D eigenvalue weighted by atomic mass is 35.5. The summed E-state index contributed by atoms with van der Waals surface area (Å²) in [4.78, 5) is 24.5. The lowest BCUT2D eigenvalue weighted by Gasteiger charge is -2.15. The van der Waals surface area contributed by atoms with E-state index in [-0.39, 0.29) is 31.3 Å². The molecule has 0 bridgehead atoms. The van der Waals surface area contributed by atoms with E-state index in [2.05, 4.69) is 11.8 Å². The van der Waals surface area contributed by atoms with Gasteiger partial charge in [-0.1, -0.05) is 23.4 Å². The highest BCUT2D eigenvalue weighted by molar-refractivity contribution is 6.35. The fourth-order valence-corrected chi connectivity index (χ4v) is 2.03. The van der Waals surface area contributed by atoms with Crippen LogP contribution in [0.5, 0.6) is 0 Å². The van der Waals surface area contributed by atoms with Crippen LogP contribution in [0.1, 0.15) is 24.8 Å². The van der Waals surface area contributed by atoms with Gasteiger partial charge in [0.15, 0.2) is 0 Å². The van der Waals surface area contributed by atoms with E-state index in [4.69, 9.17) is 16.7 Å². The van der Waals surface area contributed by atoms with Crippen molar-refractivity contribution in [2.24, 2.45) is 0 Å². The van der Waals surface area contributed by atoms with E-state index in [9.17, 15) is 9.59 Å². The minimum Gasteiger partial charge on any atom is -0.395 e. The average molecular weight is 278 g/mol. The normalized spacial score (nSPS) is 14.5. The maximum Gasteiger partial charge on any atom is 0.234 e. The van der Waals surface area contributed by atoms with Crippen molar-refractivity contribution >= 4 is 29.1 Å². The molecule has 5 heteroatoms. The number of hydrogen-bond donors (Lipinski definition) is 1. The Bertz CT molecular complexity index is 570. The Morgan fingerprint density at radius 1 is 1.26 bits per heavy atom. The summed E-state index contributed by atoms with van der Waals surface area (Å²) in [7, 11) is 0. The maximum absolute atomic E-state index is 11.7. The first-order valence-corrected chi connectivity index (χ1v) is 6.26. The fraction of sp³-hybridized carbons (Fsp3) is 0.286. The van der Waals surface area contributed by atoms with Gasteiger partial charge in [0.25, 0.3) is 0 Å². The summed E-state index contributed by atoms with van der Waals surface area (Å²) in [6.45, 7) is -0.00343. The summed E-state index contributed by atoms with van der Waals surface area (Å²) in [5.41, 5.74) is 1.03. The van der Waals surface area contributed by atoms with Crippen LogP contribution in [0.2, 0.25) is 5.02 Å². The van der Waals surface area contributed by atoms with Crippen molar-refractivity contribution in [2.75, 3.05) is 11.5 Å². The number of nitrogens with zero attached hydrogens (tertiary/aromatic N) is 1. The van der Waals surface area contributed by atoms with Crippen LogP contribution in [-0.4, -0.2) is 23.5 Å². The van der Waals surface area contributed by atoms with Crippen LogP contribution in [0, 0.1) is 11.8 Å². The predicted octanol–water partition coefficient (Wildman–Crippen LogP) is 1.73. The molecule has 1 N–H and O–H groups in total. The fourth-order valence-electron chi connectivity index (χ4n) is 1.83. The van der Waals surface area contributed by atoms with Crippen LogP contribution in [0.3, 0.4) is 0 Å². The monoisotopic (exact) mass is 277 g/mol. The second kappa shape index (κ2) is 5.87. The largest absolute Gasteiger partial charge is 0.395 e. The maximum atomic E-state index is 11.7. The molecule has 0 radical (unpaired) electrons. The third-order valence-corrected chi connectivity index (χ3v) is 3.03. The molecular weight excluding hydrogens is 266 g/mol. The van der Waals surface area contributed by atoms with Crippen molar-refractivity contribution < 1.29 is 14.7 Å². The zero-order valence-electron chi connectivity index (χ0n) is 10.1. The second-order valence-electron chi connectivity index (χ2n) is 4.06. The molecule has 4 nitrogen and oxygen atoms in total. The molecule has 1 fully saturated rings. The Kier molecular flexibility index (Phi) is 4.20. The molecule has 1 aromatic rings. The van der Waals surface area contributed by atoms with Crippen molar-refractivity contribution in [1.82, 2.24) is 0 Å². The molecule has 0 spiro atoms. The van der Waals surface area contributed by atoms with Gasteiger partial charge in [-0.15, -0.1) is 0 Å². The van der Waals surface area contributed by atoms with E-state index in [1.807, 2.05) is 0 Å². The summed E-state index contributed by atoms with van der Waals surface area (Å²) in [5, 5.41) is 9.01. The Balaban J connectivity index is 2.35. The summed E-state index contributed by atoms with van der Waals surface area (Å²) < 4.78 is 0. The number of carbonyl (C=O) groups excluding carboxylic acids is 2. The summed E-state index contributed by atoms with van der Waals surface area (Å²) in [5.74, 6) is 5.14. The minimum atomic E-state index is -0.243. The number of amides is 2. The molecule has 1 aliphatic heterocycles. The molecule has 19 heavy (non-hydrogen) atoms. The van der Waals surface area contributed by atoms with Gasteiger partial charge in [0.1, 0.15) is 0 Å². The number of carbonyl (C=O) groups is 2. The van der Waals surface area contributed by atoms with E-state index in [1.165, 1.54) is 0 Å². The highest BCUT2D eigenvalue weighted by Crippen LogP contribution is 2.30. The zero-order chi connectivity index (χ0) is 13.8. The van der Waals surface area contributed by atoms with Gasteiger partial charge in [0.05, 0.1) is 17.3 Å². The van der Waals surface area contributed by atoms with Crippen LogP contribution in [-0.2, 0) is 9.59 Å². The van der Waals surface area contributed by atoms with Crippen molar-refractivity contribution in [1.29, 1.82) is 0 Å². The number of rotatable bonds is 2. The number of benzene rings is 1. The summed E-state index contributed by atoms with van der Waals surface area (Å²) in [6.07, 6.45) is 0.810. The summed E-state index contributed by atoms with van der Waals surface area (Å²) in [6, 6.07) is 4.94. The molecule has 0 aromatic heterocycles. The van der Waals surface area contributed by atoms with E-state index < -0.39 is 0 Å². The molecule has 1 aliphatic rings. The molecule has 98 valence electrons. The predicted molar refractivity (Wildman–Crippen MR) is 71.8 cm³/mol. The molecule has 0 aliphatic carbocycles. The topological polar surface area (TPSA) is 57.6 Å². The molecule has 2 rings (SSSR count). The molecule has 1 heterocycles. The van der Waals surface area contributed by atoms with Gasteiger partial charge in [-0.25, -0.2) is 4.90 Å². The third-order valence-electron chi connectivity index (χ3n) is 2.71. The number of halogens is 1. The zero-order valence-corrected chi connectivity index (χ0v) is 10.9. The Morgan fingerprint density at radius 3 is 2.58 bits per heavy atom. The quantitative estimate of drug-likeness (QED) is 0.662. The van der Waals surface area contributed by atoms with E-state index in [0.717, 1.165) is 4.90 Å². The van der Waals surface area contributed by atoms with Crippen LogP contribution in [0.4, 0.5) is 5.69 Å². The molecule has 0 saturated carbocycles. The number of hydrogen-bond acceptors (Lipinski definition) is 3. The van der Waals surface area contributed by atoms with E-state index >= 15 is 0 Å². The van der Waals surface area contributed by atoms with Gasteiger partial charge >= 0.3 is 0 Å². The van der Waals surface area contributed by atoms with Crippen LogP contribution < -0.4 is 4.90 Å². The minimum absolute atomic E-state index is 0.00343. The third kappa shape index (κ3) is 2.95. The Morgan fingerprint density at radius 2 is 1.95 bits per heavy atom. The van der Waals surface area contributed by atoms with Gasteiger partial charge in [-0.3, -0.25) is 9.59 Å². The smallest absolute Gasteiger partial charge is 0.234 e. The molecule has 1 saturated heterocycles. The van der Waals surface area contributed by atoms with E-state index in [1.54, 1.807) is 18.2 Å². The molecule has 0 unspecified atom stereocenters. The van der Waals surface area contributed by atoms with Gasteiger partial charge in [0, 0.05) is 24.8 Å². The van der Waals surface area contributed by atoms with Gasteiger partial charge in [0.2, 0.25) is 11.8 Å². The van der Waals surface area contributed by atoms with Gasteiger partial charge in [-0.05, 0) is 18.2 Å². The van der Waals surface area contributed by atoms with Crippen molar-refractivity contribution in [2.45, 2.75) is 19.3 Å². The van der Waals surface area contributed by atoms with Crippen molar-refractivity contribution in [3.05, 3.63) is 28.8 Å². The number of aliphatic hydroxyl groups excluding tert-OH is 1. The van der Waals surface area contributed by atoms with E-state index in [0.29, 0.717) is 22.7 Å². The van der Waals surface area contributed by atoms with Gasteiger partial charge in [-0.2, -0.15) is 0 Å². The first kappa shape index (κ1) is 13.6. The van der Waals surface area contributed by atoms with Crippen LogP contribution in [0.25, 0.3) is 0 Å². The van der Waals surface area contributed by atoms with Gasteiger partial charge < -0.3 is 5.11 Å². The van der Waals surface area contributed by atoms with Crippen molar-refractivity contribution in [3.8, 4) is 11.8 Å². The van der Waals surface area contributed by atoms with Crippen LogP contribution in [0.15, 0.2) is 18.2 Å². The number of anilines is 1. The lowest BCUT2D eigenvalue weighted by atomic mass is 10.2. The SMILES string of the molecule is O=C1CCC(=O)N1c1cc(C#CCCO)ccc1Cl. The average Bonchev–Trinajstić information content (AvgIpc) is 2.72.